The fourth-order valence-electron chi connectivity index (χ4n) is 2.36. The van der Waals surface area contributed by atoms with Crippen LogP contribution in [0.3, 0.4) is 0 Å². The van der Waals surface area contributed by atoms with Gasteiger partial charge in [-0.25, -0.2) is 0 Å². The topological polar surface area (TPSA) is 72.1 Å². The number of thioether (sulfide) groups is 1. The van der Waals surface area contributed by atoms with Crippen LogP contribution in [0.15, 0.2) is 4.34 Å². The number of rotatable bonds is 3. The van der Waals surface area contributed by atoms with Gasteiger partial charge in [0.05, 0.1) is 5.75 Å². The molecule has 0 unspecified atom stereocenters. The number of nitrogen functional groups attached to an aromatic ring is 1. The molecule has 0 saturated carbocycles. The molecular formula is C11H18N4OS2. The molecule has 0 aromatic carbocycles. The van der Waals surface area contributed by atoms with Crippen molar-refractivity contribution in [2.75, 3.05) is 24.6 Å². The number of amides is 1. The quantitative estimate of drug-likeness (QED) is 0.857. The maximum Gasteiger partial charge on any atom is 0.233 e. The van der Waals surface area contributed by atoms with E-state index < -0.39 is 0 Å². The van der Waals surface area contributed by atoms with E-state index in [2.05, 4.69) is 24.0 Å². The minimum Gasteiger partial charge on any atom is -0.374 e. The number of nitrogens with zero attached hydrogens (tertiary/aromatic N) is 3. The molecule has 1 aliphatic rings. The van der Waals surface area contributed by atoms with E-state index in [1.807, 2.05) is 4.90 Å². The largest absolute Gasteiger partial charge is 0.374 e. The molecule has 100 valence electrons. The Kier molecular flexibility index (Phi) is 4.45. The number of carbonyl (C=O) groups excluding carboxylic acids is 1. The van der Waals surface area contributed by atoms with E-state index in [4.69, 9.17) is 5.73 Å². The predicted octanol–water partition coefficient (Wildman–Crippen LogP) is 1.72. The Morgan fingerprint density at radius 1 is 1.44 bits per heavy atom. The molecule has 0 spiro atoms. The summed E-state index contributed by atoms with van der Waals surface area (Å²) in [5.74, 6) is 1.81. The van der Waals surface area contributed by atoms with Gasteiger partial charge in [0.2, 0.25) is 11.0 Å². The molecule has 2 rings (SSSR count). The fourth-order valence-corrected chi connectivity index (χ4v) is 3.90. The maximum absolute atomic E-state index is 12.1. The molecule has 0 bridgehead atoms. The van der Waals surface area contributed by atoms with Gasteiger partial charge in [-0.3, -0.25) is 4.79 Å². The molecule has 18 heavy (non-hydrogen) atoms. The van der Waals surface area contributed by atoms with Crippen molar-refractivity contribution in [3.05, 3.63) is 0 Å². The molecule has 1 aliphatic heterocycles. The molecule has 0 radical (unpaired) electrons. The van der Waals surface area contributed by atoms with Crippen LogP contribution in [0.1, 0.15) is 20.3 Å². The number of likely N-dealkylation sites (tertiary alicyclic amines) is 1. The molecule has 5 nitrogen and oxygen atoms in total. The van der Waals surface area contributed by atoms with Crippen LogP contribution in [0, 0.1) is 11.8 Å². The molecule has 1 aromatic heterocycles. The van der Waals surface area contributed by atoms with Crippen molar-refractivity contribution in [2.45, 2.75) is 24.6 Å². The van der Waals surface area contributed by atoms with Gasteiger partial charge in [0.1, 0.15) is 0 Å². The first-order valence-corrected chi connectivity index (χ1v) is 7.84. The lowest BCUT2D eigenvalue weighted by molar-refractivity contribution is -0.130. The highest BCUT2D eigenvalue weighted by atomic mass is 32.2. The zero-order chi connectivity index (χ0) is 13.1. The van der Waals surface area contributed by atoms with E-state index in [1.165, 1.54) is 29.5 Å². The van der Waals surface area contributed by atoms with Crippen LogP contribution in [0.25, 0.3) is 0 Å². The number of carbonyl (C=O) groups is 1. The van der Waals surface area contributed by atoms with Crippen molar-refractivity contribution in [3.63, 3.8) is 0 Å². The Morgan fingerprint density at radius 3 is 2.67 bits per heavy atom. The van der Waals surface area contributed by atoms with Gasteiger partial charge in [0, 0.05) is 13.1 Å². The second-order valence-electron chi connectivity index (χ2n) is 4.94. The van der Waals surface area contributed by atoms with Crippen LogP contribution in [-0.2, 0) is 4.79 Å². The monoisotopic (exact) mass is 286 g/mol. The molecule has 2 heterocycles. The van der Waals surface area contributed by atoms with Crippen LogP contribution < -0.4 is 5.73 Å². The molecular weight excluding hydrogens is 268 g/mol. The van der Waals surface area contributed by atoms with Gasteiger partial charge >= 0.3 is 0 Å². The molecule has 2 N–H and O–H groups in total. The molecule has 1 saturated heterocycles. The number of nitrogens with two attached hydrogens (primary N) is 1. The average Bonchev–Trinajstić information content (AvgIpc) is 2.70. The van der Waals surface area contributed by atoms with Crippen LogP contribution in [-0.4, -0.2) is 39.8 Å². The van der Waals surface area contributed by atoms with E-state index in [1.54, 1.807) is 0 Å². The summed E-state index contributed by atoms with van der Waals surface area (Å²) in [6.07, 6.45) is 1.21. The summed E-state index contributed by atoms with van der Waals surface area (Å²) in [6, 6.07) is 0. The first-order chi connectivity index (χ1) is 8.54. The molecule has 1 amide bonds. The van der Waals surface area contributed by atoms with Crippen LogP contribution in [0.5, 0.6) is 0 Å². The van der Waals surface area contributed by atoms with Gasteiger partial charge in [0.25, 0.3) is 0 Å². The van der Waals surface area contributed by atoms with Gasteiger partial charge in [-0.1, -0.05) is 36.9 Å². The minimum absolute atomic E-state index is 0.187. The maximum atomic E-state index is 12.1. The summed E-state index contributed by atoms with van der Waals surface area (Å²) >= 11 is 2.74. The lowest BCUT2D eigenvalue weighted by atomic mass is 9.92. The lowest BCUT2D eigenvalue weighted by Crippen LogP contribution is -2.43. The second kappa shape index (κ2) is 5.88. The molecule has 2 atom stereocenters. The average molecular weight is 286 g/mol. The van der Waals surface area contributed by atoms with Crippen molar-refractivity contribution in [2.24, 2.45) is 11.8 Å². The van der Waals surface area contributed by atoms with Crippen molar-refractivity contribution >= 4 is 34.1 Å². The molecule has 0 aliphatic carbocycles. The minimum atomic E-state index is 0.187. The number of hydrogen-bond donors (Lipinski definition) is 1. The van der Waals surface area contributed by atoms with E-state index >= 15 is 0 Å². The van der Waals surface area contributed by atoms with Gasteiger partial charge in [0.15, 0.2) is 4.34 Å². The zero-order valence-corrected chi connectivity index (χ0v) is 12.3. The van der Waals surface area contributed by atoms with Crippen molar-refractivity contribution in [1.82, 2.24) is 15.1 Å². The Balaban J connectivity index is 1.84. The number of aromatic nitrogens is 2. The number of piperidine rings is 1. The standard InChI is InChI=1S/C11H18N4OS2/c1-7-3-8(2)5-15(4-7)9(16)6-17-11-14-13-10(12)18-11/h7-8H,3-6H2,1-2H3,(H2,12,13)/t7-,8+. The zero-order valence-electron chi connectivity index (χ0n) is 10.6. The highest BCUT2D eigenvalue weighted by Gasteiger charge is 2.25. The summed E-state index contributed by atoms with van der Waals surface area (Å²) in [7, 11) is 0. The normalized spacial score (nSPS) is 24.2. The van der Waals surface area contributed by atoms with Crippen molar-refractivity contribution in [1.29, 1.82) is 0 Å². The van der Waals surface area contributed by atoms with Crippen molar-refractivity contribution in [3.8, 4) is 0 Å². The van der Waals surface area contributed by atoms with Crippen LogP contribution in [0.4, 0.5) is 5.13 Å². The Bertz CT molecular complexity index is 413. The third-order valence-corrected chi connectivity index (χ3v) is 4.83. The SMILES string of the molecule is C[C@@H]1C[C@H](C)CN(C(=O)CSc2nnc(N)s2)C1. The first kappa shape index (κ1) is 13.6. The first-order valence-electron chi connectivity index (χ1n) is 6.04. The number of anilines is 1. The van der Waals surface area contributed by atoms with Gasteiger partial charge in [-0.2, -0.15) is 0 Å². The van der Waals surface area contributed by atoms with Gasteiger partial charge in [-0.05, 0) is 18.3 Å². The second-order valence-corrected chi connectivity index (χ2v) is 7.17. The molecule has 7 heteroatoms. The molecule has 1 aromatic rings. The Morgan fingerprint density at radius 2 is 2.11 bits per heavy atom. The fraction of sp³-hybridized carbons (Fsp3) is 0.727. The Labute approximate surface area is 115 Å². The van der Waals surface area contributed by atoms with E-state index in [0.29, 0.717) is 22.7 Å². The third kappa shape index (κ3) is 3.58. The van der Waals surface area contributed by atoms with Gasteiger partial charge < -0.3 is 10.6 Å². The van der Waals surface area contributed by atoms with Crippen LogP contribution in [0.2, 0.25) is 0 Å². The van der Waals surface area contributed by atoms with Crippen molar-refractivity contribution < 1.29 is 4.79 Å². The number of hydrogen-bond acceptors (Lipinski definition) is 6. The van der Waals surface area contributed by atoms with E-state index in [0.717, 1.165) is 17.4 Å². The summed E-state index contributed by atoms with van der Waals surface area (Å²) in [6.45, 7) is 6.16. The van der Waals surface area contributed by atoms with E-state index in [9.17, 15) is 4.79 Å². The lowest BCUT2D eigenvalue weighted by Gasteiger charge is -2.34. The summed E-state index contributed by atoms with van der Waals surface area (Å²) in [4.78, 5) is 14.1. The smallest absolute Gasteiger partial charge is 0.233 e. The summed E-state index contributed by atoms with van der Waals surface area (Å²) in [5, 5.41) is 8.08. The third-order valence-electron chi connectivity index (χ3n) is 2.96. The van der Waals surface area contributed by atoms with E-state index in [-0.39, 0.29) is 5.91 Å². The van der Waals surface area contributed by atoms with Crippen LogP contribution >= 0.6 is 23.1 Å². The highest BCUT2D eigenvalue weighted by Crippen LogP contribution is 2.25. The summed E-state index contributed by atoms with van der Waals surface area (Å²) in [5.41, 5.74) is 5.50. The summed E-state index contributed by atoms with van der Waals surface area (Å²) < 4.78 is 0.763. The highest BCUT2D eigenvalue weighted by molar-refractivity contribution is 8.01. The predicted molar refractivity (Wildman–Crippen MR) is 74.6 cm³/mol. The van der Waals surface area contributed by atoms with Gasteiger partial charge in [-0.15, -0.1) is 10.2 Å². The Hall–Kier alpha value is -0.820. The molecule has 1 fully saturated rings.